The minimum atomic E-state index is -1.21. The predicted molar refractivity (Wildman–Crippen MR) is 109 cm³/mol. The van der Waals surface area contributed by atoms with Crippen LogP contribution in [0.4, 0.5) is 17.1 Å². The maximum absolute atomic E-state index is 10.4. The van der Waals surface area contributed by atoms with Crippen molar-refractivity contribution in [3.63, 3.8) is 0 Å². The molecular formula is C19H21N4O8+. The van der Waals surface area contributed by atoms with Gasteiger partial charge in [0.1, 0.15) is 19.1 Å². The van der Waals surface area contributed by atoms with Gasteiger partial charge < -0.3 is 14.7 Å². The zero-order valence-corrected chi connectivity index (χ0v) is 16.4. The maximum Gasteiger partial charge on any atom is 0.324 e. The molecule has 2 aromatic carbocycles. The second-order valence-electron chi connectivity index (χ2n) is 6.50. The van der Waals surface area contributed by atoms with E-state index in [1.807, 2.05) is 0 Å². The van der Waals surface area contributed by atoms with Gasteiger partial charge in [0.05, 0.1) is 40.1 Å². The molecule has 0 radical (unpaired) electrons. The molecule has 12 heteroatoms. The van der Waals surface area contributed by atoms with E-state index in [1.54, 1.807) is 4.90 Å². The molecule has 0 aliphatic carbocycles. The van der Waals surface area contributed by atoms with Crippen LogP contribution in [0.15, 0.2) is 55.1 Å². The van der Waals surface area contributed by atoms with E-state index in [2.05, 4.69) is 43.0 Å². The summed E-state index contributed by atoms with van der Waals surface area (Å²) in [7, 11) is 0. The number of nitro groups is 3. The molecule has 0 amide bonds. The summed E-state index contributed by atoms with van der Waals surface area (Å²) in [5.74, 6) is -1.21. The molecule has 1 aliphatic heterocycles. The highest BCUT2D eigenvalue weighted by molar-refractivity contribution is 5.64. The second-order valence-corrected chi connectivity index (χ2v) is 6.50. The Kier molecular flexibility index (Phi) is 8.11. The quantitative estimate of drug-likeness (QED) is 0.396. The molecule has 2 N–H and O–H groups in total. The topological polar surface area (TPSA) is 163 Å². The van der Waals surface area contributed by atoms with Gasteiger partial charge in [0, 0.05) is 5.56 Å². The van der Waals surface area contributed by atoms with E-state index in [4.69, 9.17) is 9.84 Å². The monoisotopic (exact) mass is 433 g/mol. The molecule has 0 bridgehead atoms. The normalized spacial score (nSPS) is 14.6. The number of morpholine rings is 1. The van der Waals surface area contributed by atoms with E-state index in [-0.39, 0.29) is 0 Å². The van der Waals surface area contributed by atoms with E-state index in [9.17, 15) is 30.3 Å². The summed E-state index contributed by atoms with van der Waals surface area (Å²) in [5, 5.41) is 40.2. The number of ether oxygens (including phenoxy) is 1. The van der Waals surface area contributed by atoms with Gasteiger partial charge in [-0.25, -0.2) is 0 Å². The predicted octanol–water partition coefficient (Wildman–Crippen LogP) is 1.95. The number of hydrogen-bond acceptors (Lipinski definition) is 8. The zero-order chi connectivity index (χ0) is 23.0. The van der Waals surface area contributed by atoms with Crippen molar-refractivity contribution < 1.29 is 29.5 Å². The third-order valence-corrected chi connectivity index (χ3v) is 4.63. The van der Waals surface area contributed by atoms with E-state index in [0.717, 1.165) is 26.3 Å². The van der Waals surface area contributed by atoms with Gasteiger partial charge in [-0.15, -0.1) is 0 Å². The Bertz CT molecular complexity index is 926. The molecule has 0 saturated carbocycles. The van der Waals surface area contributed by atoms with Crippen molar-refractivity contribution in [2.24, 2.45) is 0 Å². The Balaban J connectivity index is 0.000000220. The summed E-state index contributed by atoms with van der Waals surface area (Å²) >= 11 is 0. The smallest absolute Gasteiger partial charge is 0.324 e. The van der Waals surface area contributed by atoms with Crippen LogP contribution >= 0.6 is 0 Å². The van der Waals surface area contributed by atoms with Crippen molar-refractivity contribution in [3.05, 3.63) is 91.0 Å². The summed E-state index contributed by atoms with van der Waals surface area (Å²) in [5.41, 5.74) is -1.65. The van der Waals surface area contributed by atoms with Crippen molar-refractivity contribution in [3.8, 4) is 5.75 Å². The van der Waals surface area contributed by atoms with Gasteiger partial charge in [-0.2, -0.15) is 0 Å². The number of nitrogens with zero attached hydrogens (tertiary/aromatic N) is 3. The molecule has 1 saturated heterocycles. The van der Waals surface area contributed by atoms with Gasteiger partial charge in [-0.05, 0) is 6.08 Å². The molecule has 1 atom stereocenters. The van der Waals surface area contributed by atoms with Crippen molar-refractivity contribution in [1.82, 2.24) is 0 Å². The van der Waals surface area contributed by atoms with Crippen LogP contribution in [0.1, 0.15) is 11.6 Å². The van der Waals surface area contributed by atoms with Crippen LogP contribution in [-0.2, 0) is 4.74 Å². The Morgan fingerprint density at radius 1 is 0.968 bits per heavy atom. The third-order valence-electron chi connectivity index (χ3n) is 4.63. The Morgan fingerprint density at radius 3 is 1.90 bits per heavy atom. The first-order chi connectivity index (χ1) is 14.8. The molecule has 31 heavy (non-hydrogen) atoms. The van der Waals surface area contributed by atoms with Gasteiger partial charge in [-0.1, -0.05) is 36.9 Å². The Morgan fingerprint density at radius 2 is 1.48 bits per heavy atom. The largest absolute Gasteiger partial charge is 0.497 e. The third kappa shape index (κ3) is 6.04. The highest BCUT2D eigenvalue weighted by Gasteiger charge is 2.30. The van der Waals surface area contributed by atoms with Crippen molar-refractivity contribution in [1.29, 1.82) is 0 Å². The van der Waals surface area contributed by atoms with Crippen molar-refractivity contribution in [2.45, 2.75) is 6.04 Å². The highest BCUT2D eigenvalue weighted by atomic mass is 16.6. The van der Waals surface area contributed by atoms with Crippen LogP contribution in [0.2, 0.25) is 0 Å². The molecule has 12 nitrogen and oxygen atoms in total. The molecule has 2 aromatic rings. The molecule has 1 unspecified atom stereocenters. The molecule has 0 spiro atoms. The number of quaternary nitrogens is 1. The fraction of sp³-hybridized carbons (Fsp3) is 0.263. The van der Waals surface area contributed by atoms with Gasteiger partial charge in [0.2, 0.25) is 0 Å². The van der Waals surface area contributed by atoms with Crippen LogP contribution in [-0.4, -0.2) is 46.2 Å². The maximum atomic E-state index is 10.4. The molecule has 3 rings (SSSR count). The van der Waals surface area contributed by atoms with Crippen molar-refractivity contribution in [2.75, 3.05) is 26.3 Å². The highest BCUT2D eigenvalue weighted by Crippen LogP contribution is 2.38. The summed E-state index contributed by atoms with van der Waals surface area (Å²) < 4.78 is 5.38. The number of phenols is 1. The molecule has 1 heterocycles. The first-order valence-electron chi connectivity index (χ1n) is 9.16. The van der Waals surface area contributed by atoms with Crippen LogP contribution in [0, 0.1) is 30.3 Å². The van der Waals surface area contributed by atoms with Crippen molar-refractivity contribution >= 4 is 17.1 Å². The minimum Gasteiger partial charge on any atom is -0.497 e. The Hall–Kier alpha value is -3.90. The number of aromatic hydroxyl groups is 1. The molecule has 1 fully saturated rings. The second kappa shape index (κ2) is 10.8. The molecule has 164 valence electrons. The number of nitro benzene ring substituents is 3. The van der Waals surface area contributed by atoms with E-state index in [1.165, 1.54) is 5.56 Å². The van der Waals surface area contributed by atoms with Crippen LogP contribution in [0.5, 0.6) is 5.75 Å². The lowest BCUT2D eigenvalue weighted by molar-refractivity contribution is -0.932. The standard InChI is InChI=1S/C13H17NO.C6H3N3O7/c1-2-13(12-6-4-3-5-7-12)14-8-10-15-11-9-14;10-6-4(8(13)14)1-3(7(11)12)2-5(6)9(15)16/h2-7,13H,1,8-11H2;1-2,10H/p+1. The zero-order valence-electron chi connectivity index (χ0n) is 16.4. The molecular weight excluding hydrogens is 412 g/mol. The lowest BCUT2D eigenvalue weighted by Crippen LogP contribution is -3.14. The van der Waals surface area contributed by atoms with E-state index >= 15 is 0 Å². The van der Waals surface area contributed by atoms with Crippen LogP contribution in [0.3, 0.4) is 0 Å². The first kappa shape index (κ1) is 23.4. The summed E-state index contributed by atoms with van der Waals surface area (Å²) in [6.07, 6.45) is 2.05. The molecule has 1 aliphatic rings. The number of nitrogens with one attached hydrogen (secondary N) is 1. The number of benzene rings is 2. The Labute approximate surface area is 176 Å². The van der Waals surface area contributed by atoms with Gasteiger partial charge in [0.25, 0.3) is 11.4 Å². The van der Waals surface area contributed by atoms with E-state index in [0.29, 0.717) is 18.2 Å². The molecule has 0 aromatic heterocycles. The van der Waals surface area contributed by atoms with E-state index < -0.39 is 37.6 Å². The number of non-ortho nitro benzene ring substituents is 1. The average molecular weight is 433 g/mol. The number of hydrogen-bond donors (Lipinski definition) is 2. The summed E-state index contributed by atoms with van der Waals surface area (Å²) in [4.78, 5) is 29.3. The van der Waals surface area contributed by atoms with Crippen LogP contribution in [0.25, 0.3) is 0 Å². The summed E-state index contributed by atoms with van der Waals surface area (Å²) in [6.45, 7) is 7.84. The van der Waals surface area contributed by atoms with Gasteiger partial charge in [0.15, 0.2) is 0 Å². The SMILES string of the molecule is C=CC(c1ccccc1)[NH+]1CCOCC1.O=[N+]([O-])c1cc([N+](=O)[O-])c(O)c([N+](=O)[O-])c1. The average Bonchev–Trinajstić information content (AvgIpc) is 2.76. The summed E-state index contributed by atoms with van der Waals surface area (Å²) in [6, 6.07) is 11.9. The van der Waals surface area contributed by atoms with Crippen LogP contribution < -0.4 is 4.90 Å². The first-order valence-corrected chi connectivity index (χ1v) is 9.16. The van der Waals surface area contributed by atoms with Gasteiger partial charge >= 0.3 is 11.4 Å². The number of rotatable bonds is 6. The fourth-order valence-corrected chi connectivity index (χ4v) is 3.12. The fourth-order valence-electron chi connectivity index (χ4n) is 3.12. The number of phenolic OH excluding ortho intramolecular Hbond substituents is 1. The minimum absolute atomic E-state index is 0.412. The lowest BCUT2D eigenvalue weighted by Gasteiger charge is -2.29. The lowest BCUT2D eigenvalue weighted by atomic mass is 10.1. The van der Waals surface area contributed by atoms with Gasteiger partial charge in [-0.3, -0.25) is 30.3 Å².